The van der Waals surface area contributed by atoms with Crippen LogP contribution < -0.4 is 5.32 Å². The molecule has 1 aromatic rings. The first kappa shape index (κ1) is 17.0. The number of nitrogens with zero attached hydrogens (tertiary/aromatic N) is 2. The van der Waals surface area contributed by atoms with Crippen molar-refractivity contribution in [3.8, 4) is 0 Å². The quantitative estimate of drug-likeness (QED) is 0.783. The Hall–Kier alpha value is -2.08. The van der Waals surface area contributed by atoms with Crippen molar-refractivity contribution >= 4 is 12.0 Å². The molecule has 1 atom stereocenters. The van der Waals surface area contributed by atoms with Gasteiger partial charge in [0.05, 0.1) is 0 Å². The molecule has 0 spiro atoms. The van der Waals surface area contributed by atoms with Gasteiger partial charge in [0.25, 0.3) is 0 Å². The third-order valence-electron chi connectivity index (χ3n) is 3.11. The first-order valence-electron chi connectivity index (χ1n) is 6.83. The molecule has 1 aromatic carbocycles. The van der Waals surface area contributed by atoms with E-state index in [-0.39, 0.29) is 12.5 Å². The number of nitrogens with one attached hydrogen (secondary N) is 1. The van der Waals surface area contributed by atoms with Gasteiger partial charge in [-0.15, -0.1) is 0 Å². The second-order valence-corrected chi connectivity index (χ2v) is 5.25. The van der Waals surface area contributed by atoms with Crippen molar-refractivity contribution in [1.29, 1.82) is 0 Å². The molecule has 0 saturated carbocycles. The van der Waals surface area contributed by atoms with Crippen LogP contribution in [-0.4, -0.2) is 67.2 Å². The van der Waals surface area contributed by atoms with Crippen molar-refractivity contribution in [3.63, 3.8) is 0 Å². The Kier molecular flexibility index (Phi) is 6.68. The Balaban J connectivity index is 2.58. The monoisotopic (exact) mass is 293 g/mol. The molecular formula is C15H23N3O3. The molecule has 0 aliphatic rings. The zero-order chi connectivity index (χ0) is 15.8. The Morgan fingerprint density at radius 3 is 2.29 bits per heavy atom. The highest BCUT2D eigenvalue weighted by atomic mass is 16.4. The third-order valence-corrected chi connectivity index (χ3v) is 3.11. The minimum absolute atomic E-state index is 0.267. The number of likely N-dealkylation sites (N-methyl/N-ethyl adjacent to an activating group) is 2. The maximum absolute atomic E-state index is 12.0. The van der Waals surface area contributed by atoms with E-state index in [1.165, 1.54) is 4.90 Å². The van der Waals surface area contributed by atoms with Crippen molar-refractivity contribution < 1.29 is 14.7 Å². The van der Waals surface area contributed by atoms with Crippen LogP contribution in [0.5, 0.6) is 0 Å². The van der Waals surface area contributed by atoms with Crippen LogP contribution >= 0.6 is 0 Å². The van der Waals surface area contributed by atoms with Crippen LogP contribution in [0, 0.1) is 0 Å². The predicted molar refractivity (Wildman–Crippen MR) is 81.3 cm³/mol. The highest BCUT2D eigenvalue weighted by Gasteiger charge is 2.22. The van der Waals surface area contributed by atoms with Gasteiger partial charge < -0.3 is 20.2 Å². The van der Waals surface area contributed by atoms with Crippen LogP contribution in [0.15, 0.2) is 30.3 Å². The van der Waals surface area contributed by atoms with Gasteiger partial charge in [-0.25, -0.2) is 9.59 Å². The normalized spacial score (nSPS) is 12.0. The van der Waals surface area contributed by atoms with Crippen molar-refractivity contribution in [3.05, 3.63) is 35.9 Å². The number of urea groups is 1. The number of rotatable bonds is 7. The largest absolute Gasteiger partial charge is 0.480 e. The summed E-state index contributed by atoms with van der Waals surface area (Å²) in [4.78, 5) is 26.7. The molecule has 2 N–H and O–H groups in total. The van der Waals surface area contributed by atoms with Crippen molar-refractivity contribution in [2.75, 3.05) is 34.2 Å². The number of hydrogen-bond acceptors (Lipinski definition) is 3. The molecule has 1 unspecified atom stereocenters. The second kappa shape index (κ2) is 8.26. The molecule has 6 nitrogen and oxygen atoms in total. The lowest BCUT2D eigenvalue weighted by Crippen LogP contribution is -2.48. The maximum atomic E-state index is 12.0. The smallest absolute Gasteiger partial charge is 0.326 e. The maximum Gasteiger partial charge on any atom is 0.326 e. The lowest BCUT2D eigenvalue weighted by Gasteiger charge is -2.22. The van der Waals surface area contributed by atoms with Gasteiger partial charge in [-0.05, 0) is 19.7 Å². The molecule has 1 rings (SSSR count). The van der Waals surface area contributed by atoms with E-state index in [1.54, 1.807) is 7.05 Å². The Bertz CT molecular complexity index is 462. The van der Waals surface area contributed by atoms with Crippen molar-refractivity contribution in [1.82, 2.24) is 15.1 Å². The van der Waals surface area contributed by atoms with Gasteiger partial charge in [0, 0.05) is 26.6 Å². The number of carbonyl (C=O) groups is 2. The molecule has 2 amide bonds. The lowest BCUT2D eigenvalue weighted by molar-refractivity contribution is -0.139. The molecule has 116 valence electrons. The third kappa shape index (κ3) is 6.27. The van der Waals surface area contributed by atoms with Crippen LogP contribution in [0.2, 0.25) is 0 Å². The number of benzene rings is 1. The number of carboxylic acid groups (broad SMARTS) is 1. The predicted octanol–water partition coefficient (Wildman–Crippen LogP) is 0.885. The van der Waals surface area contributed by atoms with E-state index >= 15 is 0 Å². The van der Waals surface area contributed by atoms with Gasteiger partial charge in [-0.3, -0.25) is 0 Å². The highest BCUT2D eigenvalue weighted by molar-refractivity contribution is 5.82. The van der Waals surface area contributed by atoms with Gasteiger partial charge in [0.2, 0.25) is 0 Å². The van der Waals surface area contributed by atoms with E-state index in [4.69, 9.17) is 0 Å². The Morgan fingerprint density at radius 2 is 1.76 bits per heavy atom. The molecule has 0 saturated heterocycles. The number of hydrogen-bond donors (Lipinski definition) is 2. The van der Waals surface area contributed by atoms with Crippen LogP contribution in [-0.2, 0) is 11.2 Å². The molecule has 0 aliphatic carbocycles. The molecule has 0 heterocycles. The average molecular weight is 293 g/mol. The minimum Gasteiger partial charge on any atom is -0.480 e. The summed E-state index contributed by atoms with van der Waals surface area (Å²) in [5, 5.41) is 11.8. The number of aliphatic carboxylic acids is 1. The molecule has 0 aromatic heterocycles. The lowest BCUT2D eigenvalue weighted by atomic mass is 10.1. The van der Waals surface area contributed by atoms with Gasteiger partial charge in [-0.1, -0.05) is 30.3 Å². The summed E-state index contributed by atoms with van der Waals surface area (Å²) in [6, 6.07) is 7.95. The highest BCUT2D eigenvalue weighted by Crippen LogP contribution is 2.04. The molecular weight excluding hydrogens is 270 g/mol. The number of carboxylic acids is 1. The summed E-state index contributed by atoms with van der Waals surface area (Å²) in [7, 11) is 5.49. The Labute approximate surface area is 125 Å². The van der Waals surface area contributed by atoms with Crippen LogP contribution in [0.1, 0.15) is 5.56 Å². The SMILES string of the molecule is CN(C)CCN(C)C(=O)NC(Cc1ccccc1)C(=O)O. The summed E-state index contributed by atoms with van der Waals surface area (Å²) < 4.78 is 0. The molecule has 6 heteroatoms. The van der Waals surface area contributed by atoms with Gasteiger partial charge in [0.1, 0.15) is 6.04 Å². The summed E-state index contributed by atoms with van der Waals surface area (Å²) in [5.74, 6) is -1.03. The summed E-state index contributed by atoms with van der Waals surface area (Å²) in [5.41, 5.74) is 0.876. The Morgan fingerprint density at radius 1 is 1.14 bits per heavy atom. The number of amides is 2. The fourth-order valence-corrected chi connectivity index (χ4v) is 1.76. The molecule has 0 fully saturated rings. The van der Waals surface area contributed by atoms with E-state index in [0.29, 0.717) is 6.54 Å². The minimum atomic E-state index is -1.03. The zero-order valence-electron chi connectivity index (χ0n) is 12.7. The number of carbonyl (C=O) groups excluding carboxylic acids is 1. The van der Waals surface area contributed by atoms with E-state index in [9.17, 15) is 14.7 Å². The fourth-order valence-electron chi connectivity index (χ4n) is 1.76. The summed E-state index contributed by atoms with van der Waals surface area (Å²) >= 11 is 0. The summed E-state index contributed by atoms with van der Waals surface area (Å²) in [6.45, 7) is 1.26. The molecule has 0 radical (unpaired) electrons. The molecule has 0 aliphatic heterocycles. The summed E-state index contributed by atoms with van der Waals surface area (Å²) in [6.07, 6.45) is 0.267. The first-order valence-corrected chi connectivity index (χ1v) is 6.83. The van der Waals surface area contributed by atoms with Gasteiger partial charge in [0.15, 0.2) is 0 Å². The second-order valence-electron chi connectivity index (χ2n) is 5.25. The average Bonchev–Trinajstić information content (AvgIpc) is 2.44. The molecule has 21 heavy (non-hydrogen) atoms. The van der Waals surface area contributed by atoms with Crippen molar-refractivity contribution in [2.24, 2.45) is 0 Å². The fraction of sp³-hybridized carbons (Fsp3) is 0.467. The first-order chi connectivity index (χ1) is 9.90. The van der Waals surface area contributed by atoms with Crippen LogP contribution in [0.4, 0.5) is 4.79 Å². The zero-order valence-corrected chi connectivity index (χ0v) is 12.7. The molecule has 0 bridgehead atoms. The van der Waals surface area contributed by atoms with Crippen molar-refractivity contribution in [2.45, 2.75) is 12.5 Å². The van der Waals surface area contributed by atoms with E-state index < -0.39 is 12.0 Å². The van der Waals surface area contributed by atoms with E-state index in [2.05, 4.69) is 5.32 Å². The van der Waals surface area contributed by atoms with Gasteiger partial charge in [-0.2, -0.15) is 0 Å². The van der Waals surface area contributed by atoms with Crippen LogP contribution in [0.3, 0.4) is 0 Å². The van der Waals surface area contributed by atoms with Gasteiger partial charge >= 0.3 is 12.0 Å². The van der Waals surface area contributed by atoms with E-state index in [0.717, 1.165) is 12.1 Å². The van der Waals surface area contributed by atoms with E-state index in [1.807, 2.05) is 49.3 Å². The van der Waals surface area contributed by atoms with Crippen LogP contribution in [0.25, 0.3) is 0 Å². The topological polar surface area (TPSA) is 72.9 Å². The standard InChI is InChI=1S/C15H23N3O3/c1-17(2)9-10-18(3)15(21)16-13(14(19)20)11-12-7-5-4-6-8-12/h4-8,13H,9-11H2,1-3H3,(H,16,21)(H,19,20).